The smallest absolute Gasteiger partial charge is 0.337 e. The van der Waals surface area contributed by atoms with Gasteiger partial charge in [-0.3, -0.25) is 24.4 Å². The summed E-state index contributed by atoms with van der Waals surface area (Å²) in [5, 5.41) is 73.1. The van der Waals surface area contributed by atoms with Gasteiger partial charge in [-0.05, 0) is 122 Å². The van der Waals surface area contributed by atoms with Gasteiger partial charge in [0.15, 0.2) is 11.2 Å². The number of carboxylic acid groups (broad SMARTS) is 3. The van der Waals surface area contributed by atoms with Gasteiger partial charge in [0.05, 0.1) is 59.5 Å². The molecular formula is C63H74N8O17S. The first-order valence-corrected chi connectivity index (χ1v) is 30.5. The molecule has 26 heteroatoms. The molecule has 5 fully saturated rings. The van der Waals surface area contributed by atoms with Crippen LogP contribution in [0.3, 0.4) is 0 Å². The van der Waals surface area contributed by atoms with Gasteiger partial charge >= 0.3 is 23.9 Å². The molecule has 3 unspecified atom stereocenters. The quantitative estimate of drug-likeness (QED) is 0.0245. The van der Waals surface area contributed by atoms with Crippen molar-refractivity contribution in [1.82, 2.24) is 25.1 Å². The number of anilines is 2. The maximum Gasteiger partial charge on any atom is 0.337 e. The topological polar surface area (TPSA) is 359 Å². The molecule has 12 rings (SSSR count). The number of aromatic nitrogens is 4. The first-order chi connectivity index (χ1) is 42.5. The normalized spacial score (nSPS) is 26.4. The number of benzene rings is 3. The molecule has 5 heterocycles. The number of nitrogens with one attached hydrogen (secondary N) is 2. The number of rotatable bonds is 26. The number of nitrogens with two attached hydrogens (primary N) is 1. The predicted molar refractivity (Wildman–Crippen MR) is 322 cm³/mol. The first-order valence-electron chi connectivity index (χ1n) is 29.7. The lowest BCUT2D eigenvalue weighted by Crippen LogP contribution is -2.64. The predicted octanol–water partition coefficient (Wildman–Crippen LogP) is 5.31. The number of carbonyl (C=O) groups excluding carboxylic acids is 2. The lowest BCUT2D eigenvalue weighted by molar-refractivity contribution is -0.271. The van der Waals surface area contributed by atoms with Gasteiger partial charge < -0.3 is 75.0 Å². The van der Waals surface area contributed by atoms with Crippen LogP contribution in [0.4, 0.5) is 10.9 Å². The maximum atomic E-state index is 13.9. The third-order valence-electron chi connectivity index (χ3n) is 17.8. The Balaban J connectivity index is 0.754. The standard InChI is InChI=1S/C63H74N8O17S/c1-35-41(49-40(55(78)79)13-14-47(68-49)70-18-15-36-7-6-8-39(42(36)26-70)54(77)69-59-67-43-9-4-5-10-46(43)89-59)25-66-71(35)34-62-29-60(2)28-61(3,30-62)32-63(31-60,33-62)86-20-17-65-44(24-48(72)73)57(82)85-27-37-11-12-38(84-22-21-83-19-16-64)23-45(37)87-58-52(76)50(74)51(75)53(88-58)56(80)81/h4-14,23,25,44,50-53,58,65,74-76H,15-22,24,26-34,64H2,1-3H3,(H,72,73)(H,78,79)(H,80,81)(H,67,69,77)/t44?,50-,51-,52+,53-,58+,60?,61?,62?,63?/m0/s1. The Labute approximate surface area is 516 Å². The van der Waals surface area contributed by atoms with E-state index in [0.717, 1.165) is 59.1 Å². The fraction of sp³-hybridized carbons (Fsp3) is 0.492. The number of pyridine rings is 1. The number of aliphatic hydroxyl groups excluding tert-OH is 3. The van der Waals surface area contributed by atoms with Crippen LogP contribution in [-0.2, 0) is 59.4 Å². The number of carbonyl (C=O) groups is 5. The van der Waals surface area contributed by atoms with E-state index in [1.54, 1.807) is 18.3 Å². The summed E-state index contributed by atoms with van der Waals surface area (Å²) >= 11 is 1.41. The third-order valence-corrected chi connectivity index (χ3v) is 18.7. The van der Waals surface area contributed by atoms with E-state index in [4.69, 9.17) is 44.2 Å². The summed E-state index contributed by atoms with van der Waals surface area (Å²) in [7, 11) is 0. The molecular weight excluding hydrogens is 1170 g/mol. The Morgan fingerprint density at radius 1 is 0.854 bits per heavy atom. The highest BCUT2D eigenvalue weighted by molar-refractivity contribution is 7.22. The van der Waals surface area contributed by atoms with E-state index >= 15 is 0 Å². The summed E-state index contributed by atoms with van der Waals surface area (Å²) in [5.74, 6) is -4.51. The highest BCUT2D eigenvalue weighted by Gasteiger charge is 2.66. The van der Waals surface area contributed by atoms with Crippen molar-refractivity contribution in [2.45, 2.75) is 134 Å². The second kappa shape index (κ2) is 25.7. The van der Waals surface area contributed by atoms with E-state index in [0.29, 0.717) is 73.4 Å². The van der Waals surface area contributed by atoms with Gasteiger partial charge in [0.2, 0.25) is 6.29 Å². The number of fused-ring (bicyclic) bond motifs is 2. The molecule has 3 aromatic heterocycles. The second-order valence-corrected chi connectivity index (χ2v) is 26.1. The minimum atomic E-state index is -1.98. The first kappa shape index (κ1) is 62.9. The number of hydrogen-bond acceptors (Lipinski definition) is 21. The van der Waals surface area contributed by atoms with Gasteiger partial charge in [0.25, 0.3) is 5.91 Å². The van der Waals surface area contributed by atoms with Crippen LogP contribution in [0.15, 0.2) is 79.0 Å². The van der Waals surface area contributed by atoms with Gasteiger partial charge in [0, 0.05) is 61.2 Å². The fourth-order valence-electron chi connectivity index (χ4n) is 15.1. The van der Waals surface area contributed by atoms with Crippen LogP contribution < -0.4 is 30.7 Å². The van der Waals surface area contributed by atoms with Crippen molar-refractivity contribution >= 4 is 62.3 Å². The largest absolute Gasteiger partial charge is 0.491 e. The molecule has 0 radical (unpaired) electrons. The highest BCUT2D eigenvalue weighted by Crippen LogP contribution is 2.72. The van der Waals surface area contributed by atoms with Crippen molar-refractivity contribution in [1.29, 1.82) is 0 Å². The Morgan fingerprint density at radius 2 is 1.64 bits per heavy atom. The van der Waals surface area contributed by atoms with Crippen LogP contribution in [0.25, 0.3) is 21.5 Å². The van der Waals surface area contributed by atoms with E-state index in [1.807, 2.05) is 54.1 Å². The number of nitrogens with zero attached hydrogens (tertiary/aromatic N) is 5. The van der Waals surface area contributed by atoms with Crippen LogP contribution in [0.2, 0.25) is 0 Å². The highest BCUT2D eigenvalue weighted by atomic mass is 32.1. The Morgan fingerprint density at radius 3 is 2.38 bits per heavy atom. The minimum Gasteiger partial charge on any atom is -0.491 e. The van der Waals surface area contributed by atoms with Crippen molar-refractivity contribution < 1.29 is 83.0 Å². The molecule has 3 aromatic carbocycles. The zero-order chi connectivity index (χ0) is 63.0. The van der Waals surface area contributed by atoms with E-state index in [9.17, 15) is 54.6 Å². The SMILES string of the molecule is Cc1c(-c2nc(N3CCc4cccc(C(=O)Nc5nc6ccccc6s5)c4C3)ccc2C(=O)O)cnn1CC12CC3(C)CC(C)(C1)CC(OCCNC(CC(=O)O)C(=O)OCc1ccc(OCCOCCN)cc1O[C@@H]1O[C@H](C(=O)O)[C@@H](O)[C@H](O)[C@H]1O)(C3)C2. The number of para-hydroxylation sites is 1. The minimum absolute atomic E-state index is 0.0337. The van der Waals surface area contributed by atoms with Gasteiger partial charge in [-0.15, -0.1) is 0 Å². The summed E-state index contributed by atoms with van der Waals surface area (Å²) in [6, 6.07) is 19.8. The van der Waals surface area contributed by atoms with E-state index in [2.05, 4.69) is 34.4 Å². The molecule has 0 spiro atoms. The van der Waals surface area contributed by atoms with Gasteiger partial charge in [-0.1, -0.05) is 49.4 Å². The number of esters is 1. The fourth-order valence-corrected chi connectivity index (χ4v) is 15.9. The van der Waals surface area contributed by atoms with Crippen LogP contribution >= 0.6 is 11.3 Å². The van der Waals surface area contributed by atoms with Crippen LogP contribution in [0, 0.1) is 23.2 Å². The number of aromatic carboxylic acids is 1. The van der Waals surface area contributed by atoms with Crippen LogP contribution in [0.5, 0.6) is 11.5 Å². The van der Waals surface area contributed by atoms with E-state index < -0.39 is 79.3 Å². The number of thiazole rings is 1. The number of ether oxygens (including phenoxy) is 6. The second-order valence-electron chi connectivity index (χ2n) is 25.0. The zero-order valence-corrected chi connectivity index (χ0v) is 50.4. The molecule has 4 bridgehead atoms. The summed E-state index contributed by atoms with van der Waals surface area (Å²) < 4.78 is 37.9. The van der Waals surface area contributed by atoms with Gasteiger partial charge in [-0.25, -0.2) is 19.6 Å². The summed E-state index contributed by atoms with van der Waals surface area (Å²) in [6.07, 6.45) is -2.78. The Kier molecular flexibility index (Phi) is 18.2. The van der Waals surface area contributed by atoms with Crippen LogP contribution in [-0.4, -0.2) is 169 Å². The zero-order valence-electron chi connectivity index (χ0n) is 49.6. The van der Waals surface area contributed by atoms with Crippen molar-refractivity contribution in [2.75, 3.05) is 56.3 Å². The summed E-state index contributed by atoms with van der Waals surface area (Å²) in [5.41, 5.74) is 9.60. The number of hydrogen-bond donors (Lipinski definition) is 9. The molecule has 4 aliphatic carbocycles. The molecule has 10 N–H and O–H groups in total. The number of aliphatic hydroxyl groups is 3. The summed E-state index contributed by atoms with van der Waals surface area (Å²) in [4.78, 5) is 76.4. The third kappa shape index (κ3) is 13.6. The van der Waals surface area contributed by atoms with E-state index in [1.165, 1.54) is 29.5 Å². The molecule has 8 atom stereocenters. The molecule has 89 heavy (non-hydrogen) atoms. The molecule has 6 aliphatic rings. The average Bonchev–Trinajstić information content (AvgIpc) is 0.866. The van der Waals surface area contributed by atoms with Gasteiger partial charge in [-0.2, -0.15) is 5.10 Å². The lowest BCUT2D eigenvalue weighted by Gasteiger charge is -2.69. The molecule has 474 valence electrons. The Bertz CT molecular complexity index is 3600. The summed E-state index contributed by atoms with van der Waals surface area (Å²) in [6.45, 7) is 8.67. The molecule has 6 aromatic rings. The Hall–Kier alpha value is -7.66. The number of amides is 1. The van der Waals surface area contributed by atoms with Crippen molar-refractivity contribution in [2.24, 2.45) is 22.0 Å². The number of aliphatic carboxylic acids is 2. The molecule has 2 aliphatic heterocycles. The number of carboxylic acids is 3. The van der Waals surface area contributed by atoms with Crippen molar-refractivity contribution in [3.05, 3.63) is 113 Å². The van der Waals surface area contributed by atoms with E-state index in [-0.39, 0.29) is 71.1 Å². The maximum absolute atomic E-state index is 13.9. The average molecular weight is 1250 g/mol. The van der Waals surface area contributed by atoms with Gasteiger partial charge in [0.1, 0.15) is 54.9 Å². The van der Waals surface area contributed by atoms with Crippen molar-refractivity contribution in [3.63, 3.8) is 0 Å². The van der Waals surface area contributed by atoms with Crippen molar-refractivity contribution in [3.8, 4) is 22.8 Å². The molecule has 1 amide bonds. The molecule has 4 saturated carbocycles. The monoisotopic (exact) mass is 1250 g/mol. The lowest BCUT2D eigenvalue weighted by atomic mass is 9.39. The molecule has 25 nitrogen and oxygen atoms in total. The molecule has 1 saturated heterocycles. The van der Waals surface area contributed by atoms with Crippen LogP contribution in [0.1, 0.15) is 102 Å².